The maximum absolute atomic E-state index is 14.3. The summed E-state index contributed by atoms with van der Waals surface area (Å²) < 4.78 is 13.4. The summed E-state index contributed by atoms with van der Waals surface area (Å²) in [5, 5.41) is 0. The third-order valence-corrected chi connectivity index (χ3v) is 6.48. The number of aromatic nitrogens is 2. The van der Waals surface area contributed by atoms with Gasteiger partial charge in [-0.1, -0.05) is 24.3 Å². The summed E-state index contributed by atoms with van der Waals surface area (Å²) in [6.45, 7) is 14.7. The number of ether oxygens (including phenoxy) is 2. The third-order valence-electron chi connectivity index (χ3n) is 6.48. The fourth-order valence-electron chi connectivity index (χ4n) is 5.12. The zero-order chi connectivity index (χ0) is 27.3. The fourth-order valence-corrected chi connectivity index (χ4v) is 5.12. The number of esters is 1. The van der Waals surface area contributed by atoms with Gasteiger partial charge in [0.15, 0.2) is 5.82 Å². The molecule has 2 aromatic rings. The number of anilines is 1. The van der Waals surface area contributed by atoms with E-state index in [0.29, 0.717) is 12.1 Å². The Kier molecular flexibility index (Phi) is 6.82. The van der Waals surface area contributed by atoms with Crippen molar-refractivity contribution >= 4 is 29.1 Å². The molecule has 2 heterocycles. The monoisotopic (exact) mass is 507 g/mol. The van der Waals surface area contributed by atoms with Crippen LogP contribution in [0.1, 0.15) is 84.0 Å². The first-order valence-electron chi connectivity index (χ1n) is 12.8. The fraction of sp³-hybridized carbons (Fsp3) is 0.517. The van der Waals surface area contributed by atoms with E-state index >= 15 is 0 Å². The van der Waals surface area contributed by atoms with Gasteiger partial charge < -0.3 is 14.0 Å². The molecule has 1 aromatic carbocycles. The molecule has 0 saturated heterocycles. The van der Waals surface area contributed by atoms with Crippen LogP contribution in [-0.4, -0.2) is 44.6 Å². The van der Waals surface area contributed by atoms with Gasteiger partial charge in [0, 0.05) is 24.0 Å². The standard InChI is InChI=1S/C29H37N3O5/c1-17(2)31-16-15-30-25(31)24(33)22-20(26(34)36-28(3,4)5)14-13-19-18-11-9-10-12-21(18)32(23(19)22)27(35)37-29(6,7)8/h9-13,15-17,20,22-23H,14H2,1-8H3/t20-,22+,23-/m1/s1. The number of amides is 1. The van der Waals surface area contributed by atoms with Crippen molar-refractivity contribution < 1.29 is 23.9 Å². The van der Waals surface area contributed by atoms with Crippen LogP contribution in [0.15, 0.2) is 42.7 Å². The normalized spacial score (nSPS) is 21.3. The molecule has 3 atom stereocenters. The average Bonchev–Trinajstić information content (AvgIpc) is 3.39. The highest BCUT2D eigenvalue weighted by Gasteiger charge is 2.53. The molecule has 37 heavy (non-hydrogen) atoms. The van der Waals surface area contributed by atoms with Gasteiger partial charge >= 0.3 is 12.1 Å². The molecule has 4 rings (SSSR count). The van der Waals surface area contributed by atoms with Crippen LogP contribution in [-0.2, 0) is 14.3 Å². The van der Waals surface area contributed by atoms with Crippen LogP contribution in [0.5, 0.6) is 0 Å². The lowest BCUT2D eigenvalue weighted by molar-refractivity contribution is -0.161. The molecule has 198 valence electrons. The molecule has 1 aliphatic carbocycles. The Morgan fingerprint density at radius 3 is 2.27 bits per heavy atom. The van der Waals surface area contributed by atoms with Gasteiger partial charge in [0.1, 0.15) is 11.2 Å². The Morgan fingerprint density at radius 2 is 1.65 bits per heavy atom. The van der Waals surface area contributed by atoms with E-state index in [1.54, 1.807) is 58.5 Å². The molecule has 0 N–H and O–H groups in total. The highest BCUT2D eigenvalue weighted by atomic mass is 16.6. The van der Waals surface area contributed by atoms with Crippen LogP contribution < -0.4 is 4.90 Å². The number of benzene rings is 1. The van der Waals surface area contributed by atoms with Crippen molar-refractivity contribution in [3.63, 3.8) is 0 Å². The van der Waals surface area contributed by atoms with Crippen molar-refractivity contribution in [3.05, 3.63) is 54.1 Å². The number of allylic oxidation sites excluding steroid dienone is 1. The summed E-state index contributed by atoms with van der Waals surface area (Å²) >= 11 is 0. The van der Waals surface area contributed by atoms with Crippen LogP contribution in [0.4, 0.5) is 10.5 Å². The quantitative estimate of drug-likeness (QED) is 0.382. The van der Waals surface area contributed by atoms with E-state index in [-0.39, 0.29) is 17.6 Å². The second-order valence-corrected chi connectivity index (χ2v) is 12.0. The summed E-state index contributed by atoms with van der Waals surface area (Å²) in [6.07, 6.45) is 5.06. The smallest absolute Gasteiger partial charge is 0.415 e. The lowest BCUT2D eigenvalue weighted by atomic mass is 9.72. The van der Waals surface area contributed by atoms with E-state index < -0.39 is 41.1 Å². The highest BCUT2D eigenvalue weighted by Crippen LogP contribution is 2.50. The molecule has 0 saturated carbocycles. The van der Waals surface area contributed by atoms with Gasteiger partial charge in [-0.05, 0) is 73.5 Å². The summed E-state index contributed by atoms with van der Waals surface area (Å²) in [4.78, 5) is 47.4. The Balaban J connectivity index is 1.88. The van der Waals surface area contributed by atoms with Gasteiger partial charge in [0.05, 0.1) is 23.6 Å². The number of rotatable bonds is 4. The summed E-state index contributed by atoms with van der Waals surface area (Å²) in [5.41, 5.74) is 0.871. The molecular weight excluding hydrogens is 470 g/mol. The zero-order valence-electron chi connectivity index (χ0n) is 22.9. The molecule has 0 bridgehead atoms. The van der Waals surface area contributed by atoms with Crippen LogP contribution in [0.3, 0.4) is 0 Å². The largest absolute Gasteiger partial charge is 0.460 e. The van der Waals surface area contributed by atoms with Crippen molar-refractivity contribution in [2.75, 3.05) is 4.90 Å². The molecule has 0 radical (unpaired) electrons. The minimum atomic E-state index is -0.908. The van der Waals surface area contributed by atoms with Crippen molar-refractivity contribution in [2.45, 2.75) is 85.1 Å². The molecule has 1 aromatic heterocycles. The molecule has 0 spiro atoms. The number of Topliss-reactive ketones (excluding diaryl/α,β-unsaturated/α-hetero) is 1. The van der Waals surface area contributed by atoms with E-state index in [0.717, 1.165) is 11.1 Å². The van der Waals surface area contributed by atoms with Crippen molar-refractivity contribution in [1.29, 1.82) is 0 Å². The van der Waals surface area contributed by atoms with Crippen molar-refractivity contribution in [1.82, 2.24) is 9.55 Å². The van der Waals surface area contributed by atoms with Crippen LogP contribution in [0.2, 0.25) is 0 Å². The third kappa shape index (κ3) is 5.20. The molecule has 8 heteroatoms. The zero-order valence-corrected chi connectivity index (χ0v) is 22.9. The number of nitrogens with zero attached hydrogens (tertiary/aromatic N) is 3. The topological polar surface area (TPSA) is 90.7 Å². The number of ketones is 1. The molecule has 2 aliphatic rings. The summed E-state index contributed by atoms with van der Waals surface area (Å²) in [7, 11) is 0. The Labute approximate surface area is 218 Å². The molecule has 1 amide bonds. The lowest BCUT2D eigenvalue weighted by Gasteiger charge is -2.39. The van der Waals surface area contributed by atoms with E-state index in [4.69, 9.17) is 9.47 Å². The van der Waals surface area contributed by atoms with E-state index in [9.17, 15) is 14.4 Å². The number of carbonyl (C=O) groups excluding carboxylic acids is 3. The number of imidazole rings is 1. The van der Waals surface area contributed by atoms with Gasteiger partial charge in [0.25, 0.3) is 0 Å². The minimum Gasteiger partial charge on any atom is -0.460 e. The van der Waals surface area contributed by atoms with E-state index in [2.05, 4.69) is 4.98 Å². The van der Waals surface area contributed by atoms with Crippen molar-refractivity contribution in [3.8, 4) is 0 Å². The predicted octanol–water partition coefficient (Wildman–Crippen LogP) is 5.83. The number of hydrogen-bond acceptors (Lipinski definition) is 6. The highest BCUT2D eigenvalue weighted by molar-refractivity contribution is 6.08. The number of carbonyl (C=O) groups is 3. The van der Waals surface area contributed by atoms with Gasteiger partial charge in [-0.3, -0.25) is 14.5 Å². The lowest BCUT2D eigenvalue weighted by Crippen LogP contribution is -2.52. The molecule has 0 fully saturated rings. The second-order valence-electron chi connectivity index (χ2n) is 12.0. The summed E-state index contributed by atoms with van der Waals surface area (Å²) in [6, 6.07) is 6.78. The Bertz CT molecular complexity index is 1240. The maximum atomic E-state index is 14.3. The number of fused-ring (bicyclic) bond motifs is 3. The first kappa shape index (κ1) is 26.6. The average molecular weight is 508 g/mol. The van der Waals surface area contributed by atoms with Crippen LogP contribution >= 0.6 is 0 Å². The molecule has 1 aliphatic heterocycles. The number of hydrogen-bond donors (Lipinski definition) is 0. The van der Waals surface area contributed by atoms with Crippen LogP contribution in [0, 0.1) is 11.8 Å². The first-order valence-corrected chi connectivity index (χ1v) is 12.8. The SMILES string of the molecule is CC(C)n1ccnc1C(=O)[C@@H]1[C@H]2C(=CC[C@H]1C(=O)OC(C)(C)C)c1ccccc1N2C(=O)OC(C)(C)C. The van der Waals surface area contributed by atoms with E-state index in [1.165, 1.54) is 4.90 Å². The second kappa shape index (κ2) is 9.47. The molecule has 0 unspecified atom stereocenters. The van der Waals surface area contributed by atoms with Gasteiger partial charge in [0.2, 0.25) is 5.78 Å². The Morgan fingerprint density at radius 1 is 1.00 bits per heavy atom. The molecular formula is C29H37N3O5. The number of para-hydroxylation sites is 1. The van der Waals surface area contributed by atoms with Gasteiger partial charge in [-0.15, -0.1) is 0 Å². The van der Waals surface area contributed by atoms with E-state index in [1.807, 2.05) is 44.2 Å². The minimum absolute atomic E-state index is 0.0113. The van der Waals surface area contributed by atoms with Crippen molar-refractivity contribution in [2.24, 2.45) is 11.8 Å². The summed E-state index contributed by atoms with van der Waals surface area (Å²) in [5.74, 6) is -2.21. The predicted molar refractivity (Wildman–Crippen MR) is 141 cm³/mol. The van der Waals surface area contributed by atoms with Crippen LogP contribution in [0.25, 0.3) is 5.57 Å². The van der Waals surface area contributed by atoms with Gasteiger partial charge in [-0.2, -0.15) is 0 Å². The maximum Gasteiger partial charge on any atom is 0.415 e. The Hall–Kier alpha value is -3.42. The molecule has 8 nitrogen and oxygen atoms in total. The first-order chi connectivity index (χ1) is 17.2. The van der Waals surface area contributed by atoms with Gasteiger partial charge in [-0.25, -0.2) is 9.78 Å².